The van der Waals surface area contributed by atoms with E-state index >= 15 is 0 Å². The second kappa shape index (κ2) is 13.2. The van der Waals surface area contributed by atoms with Crippen molar-refractivity contribution >= 4 is 45.8 Å². The van der Waals surface area contributed by atoms with Crippen LogP contribution in [0.1, 0.15) is 36.8 Å². The van der Waals surface area contributed by atoms with Crippen LogP contribution in [0.15, 0.2) is 91.0 Å². The molecule has 40 heavy (non-hydrogen) atoms. The molecule has 0 radical (unpaired) electrons. The van der Waals surface area contributed by atoms with Gasteiger partial charge in [0.2, 0.25) is 5.91 Å². The van der Waals surface area contributed by atoms with E-state index in [4.69, 9.17) is 27.9 Å². The summed E-state index contributed by atoms with van der Waals surface area (Å²) in [7, 11) is 0. The van der Waals surface area contributed by atoms with Crippen molar-refractivity contribution in [1.82, 2.24) is 10.2 Å². The molecule has 5 nitrogen and oxygen atoms in total. The fourth-order valence-corrected chi connectivity index (χ4v) is 5.62. The van der Waals surface area contributed by atoms with Gasteiger partial charge >= 0.3 is 0 Å². The molecule has 1 N–H and O–H groups in total. The molecule has 0 heterocycles. The molecule has 1 aliphatic rings. The number of hydrogen-bond acceptors (Lipinski definition) is 3. The smallest absolute Gasteiger partial charge is 0.261 e. The minimum absolute atomic E-state index is 0.125. The van der Waals surface area contributed by atoms with Crippen molar-refractivity contribution in [2.75, 3.05) is 6.61 Å². The van der Waals surface area contributed by atoms with Crippen LogP contribution in [0.5, 0.6) is 5.75 Å². The SMILES string of the molecule is O=C(NC1CCCC1)[C@H](Cc1ccccc1)N(Cc1ccc(Cl)c(Cl)c1)C(=O)COc1cccc2ccccc12. The Morgan fingerprint density at radius 1 is 0.850 bits per heavy atom. The Kier molecular flexibility index (Phi) is 9.25. The Morgan fingerprint density at radius 2 is 1.57 bits per heavy atom. The molecule has 0 bridgehead atoms. The highest BCUT2D eigenvalue weighted by Gasteiger charge is 2.32. The van der Waals surface area contributed by atoms with Crippen LogP contribution in [0.3, 0.4) is 0 Å². The molecule has 0 aliphatic heterocycles. The van der Waals surface area contributed by atoms with Crippen LogP contribution in [0.2, 0.25) is 10.0 Å². The monoisotopic (exact) mass is 574 g/mol. The second-order valence-corrected chi connectivity index (χ2v) is 11.0. The van der Waals surface area contributed by atoms with E-state index in [-0.39, 0.29) is 31.0 Å². The third-order valence-electron chi connectivity index (χ3n) is 7.41. The van der Waals surface area contributed by atoms with Crippen LogP contribution in [-0.4, -0.2) is 35.4 Å². The molecule has 4 aromatic rings. The highest BCUT2D eigenvalue weighted by atomic mass is 35.5. The van der Waals surface area contributed by atoms with E-state index in [0.29, 0.717) is 22.2 Å². The summed E-state index contributed by atoms with van der Waals surface area (Å²) in [6, 6.07) is 28.1. The van der Waals surface area contributed by atoms with E-state index in [1.807, 2.05) is 78.9 Å². The lowest BCUT2D eigenvalue weighted by atomic mass is 10.0. The largest absolute Gasteiger partial charge is 0.483 e. The molecular weight excluding hydrogens is 543 g/mol. The quantitative estimate of drug-likeness (QED) is 0.217. The first-order valence-corrected chi connectivity index (χ1v) is 14.4. The number of ether oxygens (including phenoxy) is 1. The van der Waals surface area contributed by atoms with Crippen molar-refractivity contribution in [2.45, 2.75) is 50.7 Å². The van der Waals surface area contributed by atoms with Crippen LogP contribution in [-0.2, 0) is 22.6 Å². The third-order valence-corrected chi connectivity index (χ3v) is 8.15. The van der Waals surface area contributed by atoms with Crippen LogP contribution < -0.4 is 10.1 Å². The van der Waals surface area contributed by atoms with Gasteiger partial charge in [0, 0.05) is 24.4 Å². The zero-order valence-corrected chi connectivity index (χ0v) is 23.7. The molecule has 7 heteroatoms. The minimum atomic E-state index is -0.735. The van der Waals surface area contributed by atoms with Gasteiger partial charge in [0.25, 0.3) is 5.91 Å². The summed E-state index contributed by atoms with van der Waals surface area (Å²) >= 11 is 12.5. The molecule has 0 aromatic heterocycles. The molecule has 4 aromatic carbocycles. The molecule has 0 spiro atoms. The number of rotatable bonds is 10. The van der Waals surface area contributed by atoms with Crippen molar-refractivity contribution in [3.8, 4) is 5.75 Å². The summed E-state index contributed by atoms with van der Waals surface area (Å²) in [5.41, 5.74) is 1.75. The molecule has 1 fully saturated rings. The Morgan fingerprint density at radius 3 is 2.35 bits per heavy atom. The average Bonchev–Trinajstić information content (AvgIpc) is 3.49. The third kappa shape index (κ3) is 6.96. The second-order valence-electron chi connectivity index (χ2n) is 10.2. The van der Waals surface area contributed by atoms with Crippen molar-refractivity contribution in [1.29, 1.82) is 0 Å². The number of amides is 2. The Hall–Kier alpha value is -3.54. The number of fused-ring (bicyclic) bond motifs is 1. The number of benzene rings is 4. The first-order valence-electron chi connectivity index (χ1n) is 13.7. The van der Waals surface area contributed by atoms with E-state index in [1.165, 1.54) is 0 Å². The molecule has 0 unspecified atom stereocenters. The topological polar surface area (TPSA) is 58.6 Å². The number of hydrogen-bond donors (Lipinski definition) is 1. The van der Waals surface area contributed by atoms with Crippen LogP contribution in [0.4, 0.5) is 0 Å². The Bertz CT molecular complexity index is 1470. The van der Waals surface area contributed by atoms with Gasteiger partial charge in [-0.15, -0.1) is 0 Å². The molecule has 1 atom stereocenters. The van der Waals surface area contributed by atoms with Crippen molar-refractivity contribution in [2.24, 2.45) is 0 Å². The molecular formula is C33H32Cl2N2O3. The first kappa shape index (κ1) is 28.0. The van der Waals surface area contributed by atoms with Crippen molar-refractivity contribution < 1.29 is 14.3 Å². The maximum atomic E-state index is 13.9. The lowest BCUT2D eigenvalue weighted by Gasteiger charge is -2.32. The van der Waals surface area contributed by atoms with Crippen molar-refractivity contribution in [3.05, 3.63) is 112 Å². The van der Waals surface area contributed by atoms with Gasteiger partial charge in [-0.05, 0) is 47.6 Å². The van der Waals surface area contributed by atoms with E-state index in [2.05, 4.69) is 5.32 Å². The number of halogens is 2. The standard InChI is InChI=1S/C33H32Cl2N2O3/c34-28-18-17-24(19-29(28)35)21-37(32(38)22-40-31-16-8-12-25-11-4-7-15-27(25)31)30(20-23-9-2-1-3-10-23)33(39)36-26-13-5-6-14-26/h1-4,7-12,15-19,26,30H,5-6,13-14,20-22H2,(H,36,39)/t30-/m0/s1. The number of nitrogens with one attached hydrogen (secondary N) is 1. The van der Waals surface area contributed by atoms with Crippen LogP contribution in [0, 0.1) is 0 Å². The summed E-state index contributed by atoms with van der Waals surface area (Å²) in [6.07, 6.45) is 4.47. The van der Waals surface area contributed by atoms with Gasteiger partial charge in [0.15, 0.2) is 6.61 Å². The van der Waals surface area contributed by atoms with E-state index < -0.39 is 6.04 Å². The molecule has 206 valence electrons. The lowest BCUT2D eigenvalue weighted by molar-refractivity contribution is -0.143. The number of carbonyl (C=O) groups excluding carboxylic acids is 2. The van der Waals surface area contributed by atoms with Gasteiger partial charge in [-0.25, -0.2) is 0 Å². The summed E-state index contributed by atoms with van der Waals surface area (Å²) in [5, 5.41) is 6.00. The fraction of sp³-hybridized carbons (Fsp3) is 0.273. The predicted molar refractivity (Wildman–Crippen MR) is 161 cm³/mol. The normalized spacial score (nSPS) is 14.2. The van der Waals surface area contributed by atoms with Gasteiger partial charge in [0.05, 0.1) is 10.0 Å². The molecule has 1 saturated carbocycles. The van der Waals surface area contributed by atoms with Gasteiger partial charge in [-0.1, -0.05) is 109 Å². The Labute approximate surface area is 245 Å². The van der Waals surface area contributed by atoms with Crippen LogP contribution >= 0.6 is 23.2 Å². The van der Waals surface area contributed by atoms with E-state index in [1.54, 1.807) is 17.0 Å². The minimum Gasteiger partial charge on any atom is -0.483 e. The number of carbonyl (C=O) groups is 2. The average molecular weight is 576 g/mol. The van der Waals surface area contributed by atoms with E-state index in [9.17, 15) is 9.59 Å². The Balaban J connectivity index is 1.45. The summed E-state index contributed by atoms with van der Waals surface area (Å²) in [6.45, 7) is -0.0263. The summed E-state index contributed by atoms with van der Waals surface area (Å²) in [5.74, 6) is 0.173. The first-order chi connectivity index (χ1) is 19.5. The lowest BCUT2D eigenvalue weighted by Crippen LogP contribution is -2.53. The van der Waals surface area contributed by atoms with Gasteiger partial charge in [0.1, 0.15) is 11.8 Å². The summed E-state index contributed by atoms with van der Waals surface area (Å²) < 4.78 is 6.09. The predicted octanol–water partition coefficient (Wildman–Crippen LogP) is 7.22. The summed E-state index contributed by atoms with van der Waals surface area (Å²) in [4.78, 5) is 29.4. The molecule has 2 amide bonds. The molecule has 0 saturated heterocycles. The van der Waals surface area contributed by atoms with Crippen molar-refractivity contribution in [3.63, 3.8) is 0 Å². The van der Waals surface area contributed by atoms with Gasteiger partial charge < -0.3 is 15.0 Å². The van der Waals surface area contributed by atoms with Gasteiger partial charge in [-0.3, -0.25) is 9.59 Å². The highest BCUT2D eigenvalue weighted by molar-refractivity contribution is 6.42. The maximum absolute atomic E-state index is 13.9. The van der Waals surface area contributed by atoms with Gasteiger partial charge in [-0.2, -0.15) is 0 Å². The zero-order chi connectivity index (χ0) is 27.9. The van der Waals surface area contributed by atoms with Crippen LogP contribution in [0.25, 0.3) is 10.8 Å². The molecule has 5 rings (SSSR count). The highest BCUT2D eigenvalue weighted by Crippen LogP contribution is 2.27. The van der Waals surface area contributed by atoms with E-state index in [0.717, 1.165) is 47.6 Å². The fourth-order valence-electron chi connectivity index (χ4n) is 5.30. The molecule has 1 aliphatic carbocycles. The maximum Gasteiger partial charge on any atom is 0.261 e. The zero-order valence-electron chi connectivity index (χ0n) is 22.2. The number of nitrogens with zero attached hydrogens (tertiary/aromatic N) is 1.